The molecule has 0 amide bonds. The van der Waals surface area contributed by atoms with E-state index in [9.17, 15) is 8.78 Å². The van der Waals surface area contributed by atoms with Crippen LogP contribution in [0, 0.1) is 0 Å². The first kappa shape index (κ1) is 16.1. The van der Waals surface area contributed by atoms with Gasteiger partial charge in [-0.15, -0.1) is 0 Å². The Morgan fingerprint density at radius 2 is 2.04 bits per heavy atom. The second kappa shape index (κ2) is 7.22. The van der Waals surface area contributed by atoms with Gasteiger partial charge in [0, 0.05) is 0 Å². The molecular formula is C16H13F2N3O2S. The van der Waals surface area contributed by atoms with Crippen molar-refractivity contribution in [1.82, 2.24) is 4.98 Å². The van der Waals surface area contributed by atoms with E-state index in [-0.39, 0.29) is 11.5 Å². The number of aromatic nitrogens is 1. The van der Waals surface area contributed by atoms with Crippen molar-refractivity contribution in [3.8, 4) is 11.5 Å². The number of thiazole rings is 1. The number of nitrogens with one attached hydrogen (secondary N) is 1. The van der Waals surface area contributed by atoms with Gasteiger partial charge >= 0.3 is 6.61 Å². The van der Waals surface area contributed by atoms with Crippen molar-refractivity contribution in [1.29, 1.82) is 0 Å². The van der Waals surface area contributed by atoms with Crippen molar-refractivity contribution in [2.24, 2.45) is 5.10 Å². The van der Waals surface area contributed by atoms with Gasteiger partial charge in [0.15, 0.2) is 11.5 Å². The number of methoxy groups -OCH3 is 1. The third kappa shape index (κ3) is 3.77. The summed E-state index contributed by atoms with van der Waals surface area (Å²) < 4.78 is 35.3. The van der Waals surface area contributed by atoms with Crippen LogP contribution in [0.3, 0.4) is 0 Å². The predicted molar refractivity (Wildman–Crippen MR) is 90.5 cm³/mol. The zero-order valence-electron chi connectivity index (χ0n) is 12.6. The smallest absolute Gasteiger partial charge is 0.387 e. The van der Waals surface area contributed by atoms with Crippen LogP contribution in [0.1, 0.15) is 5.56 Å². The third-order valence-corrected chi connectivity index (χ3v) is 4.01. The maximum Gasteiger partial charge on any atom is 0.387 e. The van der Waals surface area contributed by atoms with Crippen LogP contribution >= 0.6 is 11.3 Å². The molecule has 0 bridgehead atoms. The molecule has 5 nitrogen and oxygen atoms in total. The molecule has 1 heterocycles. The topological polar surface area (TPSA) is 55.7 Å². The van der Waals surface area contributed by atoms with Crippen molar-refractivity contribution in [3.63, 3.8) is 0 Å². The van der Waals surface area contributed by atoms with Gasteiger partial charge in [-0.2, -0.15) is 13.9 Å². The Hall–Kier alpha value is -2.74. The average Bonchev–Trinajstić information content (AvgIpc) is 2.97. The van der Waals surface area contributed by atoms with E-state index >= 15 is 0 Å². The predicted octanol–water partition coefficient (Wildman–Crippen LogP) is 4.35. The van der Waals surface area contributed by atoms with E-state index in [0.29, 0.717) is 10.7 Å². The summed E-state index contributed by atoms with van der Waals surface area (Å²) in [6.45, 7) is -2.92. The molecular weight excluding hydrogens is 336 g/mol. The van der Waals surface area contributed by atoms with Crippen molar-refractivity contribution in [2.45, 2.75) is 6.61 Å². The van der Waals surface area contributed by atoms with Crippen LogP contribution in [0.2, 0.25) is 0 Å². The molecule has 1 N–H and O–H groups in total. The fraction of sp³-hybridized carbons (Fsp3) is 0.125. The van der Waals surface area contributed by atoms with Crippen LogP contribution in [0.25, 0.3) is 10.2 Å². The van der Waals surface area contributed by atoms with Gasteiger partial charge in [0.2, 0.25) is 5.13 Å². The number of hydrogen-bond donors (Lipinski definition) is 1. The van der Waals surface area contributed by atoms with E-state index in [1.807, 2.05) is 24.3 Å². The SMILES string of the molecule is COc1ccc(/C=N\Nc2nc3ccccc3s2)cc1OC(F)F. The Bertz CT molecular complexity index is 834. The normalized spacial score (nSPS) is 11.3. The summed E-state index contributed by atoms with van der Waals surface area (Å²) in [6.07, 6.45) is 1.49. The van der Waals surface area contributed by atoms with Crippen LogP contribution in [0.4, 0.5) is 13.9 Å². The summed E-state index contributed by atoms with van der Waals surface area (Å²) in [5, 5.41) is 4.72. The number of fused-ring (bicyclic) bond motifs is 1. The highest BCUT2D eigenvalue weighted by Gasteiger charge is 2.10. The lowest BCUT2D eigenvalue weighted by molar-refractivity contribution is -0.0512. The molecule has 3 rings (SSSR count). The van der Waals surface area contributed by atoms with E-state index in [4.69, 9.17) is 4.74 Å². The number of rotatable bonds is 6. The van der Waals surface area contributed by atoms with Gasteiger partial charge in [-0.25, -0.2) is 4.98 Å². The molecule has 8 heteroatoms. The highest BCUT2D eigenvalue weighted by Crippen LogP contribution is 2.29. The monoisotopic (exact) mass is 349 g/mol. The largest absolute Gasteiger partial charge is 0.493 e. The van der Waals surface area contributed by atoms with E-state index in [2.05, 4.69) is 20.2 Å². The number of benzene rings is 2. The first-order chi connectivity index (χ1) is 11.7. The minimum atomic E-state index is -2.92. The highest BCUT2D eigenvalue weighted by atomic mass is 32.1. The number of halogens is 2. The molecule has 0 aliphatic heterocycles. The molecule has 0 radical (unpaired) electrons. The molecule has 0 saturated heterocycles. The molecule has 0 unspecified atom stereocenters. The number of anilines is 1. The van der Waals surface area contributed by atoms with Gasteiger partial charge in [0.1, 0.15) is 0 Å². The van der Waals surface area contributed by atoms with Crippen molar-refractivity contribution < 1.29 is 18.3 Å². The first-order valence-corrected chi connectivity index (χ1v) is 7.75. The molecule has 0 atom stereocenters. The van der Waals surface area contributed by atoms with Gasteiger partial charge in [-0.3, -0.25) is 5.43 Å². The summed E-state index contributed by atoms with van der Waals surface area (Å²) in [7, 11) is 1.39. The quantitative estimate of drug-likeness (QED) is 0.531. The van der Waals surface area contributed by atoms with Crippen molar-refractivity contribution in [3.05, 3.63) is 48.0 Å². The van der Waals surface area contributed by atoms with Crippen LogP contribution in [-0.2, 0) is 0 Å². The summed E-state index contributed by atoms with van der Waals surface area (Å²) in [5.74, 6) is 0.183. The number of para-hydroxylation sites is 1. The van der Waals surface area contributed by atoms with Gasteiger partial charge in [-0.1, -0.05) is 23.5 Å². The summed E-state index contributed by atoms with van der Waals surface area (Å²) in [6, 6.07) is 12.4. The third-order valence-electron chi connectivity index (χ3n) is 3.07. The molecule has 0 spiro atoms. The lowest BCUT2D eigenvalue weighted by atomic mass is 10.2. The number of hydrogen-bond acceptors (Lipinski definition) is 6. The lowest BCUT2D eigenvalue weighted by Crippen LogP contribution is -2.04. The van der Waals surface area contributed by atoms with Crippen LogP contribution in [0.5, 0.6) is 11.5 Å². The molecule has 2 aromatic carbocycles. The number of alkyl halides is 2. The van der Waals surface area contributed by atoms with E-state index in [0.717, 1.165) is 10.2 Å². The Labute approximate surface area is 140 Å². The van der Waals surface area contributed by atoms with E-state index in [1.165, 1.54) is 36.8 Å². The minimum Gasteiger partial charge on any atom is -0.493 e. The van der Waals surface area contributed by atoms with Gasteiger partial charge < -0.3 is 9.47 Å². The van der Waals surface area contributed by atoms with Crippen molar-refractivity contribution in [2.75, 3.05) is 12.5 Å². The van der Waals surface area contributed by atoms with E-state index < -0.39 is 6.61 Å². The summed E-state index contributed by atoms with van der Waals surface area (Å²) in [4.78, 5) is 4.38. The fourth-order valence-corrected chi connectivity index (χ4v) is 2.86. The fourth-order valence-electron chi connectivity index (χ4n) is 2.04. The average molecular weight is 349 g/mol. The van der Waals surface area contributed by atoms with Gasteiger partial charge in [-0.05, 0) is 35.9 Å². The lowest BCUT2D eigenvalue weighted by Gasteiger charge is -2.09. The number of ether oxygens (including phenoxy) is 2. The standard InChI is InChI=1S/C16H13F2N3O2S/c1-22-12-7-6-10(8-13(12)23-15(17)18)9-19-21-16-20-11-4-2-3-5-14(11)24-16/h2-9,15H,1H3,(H,20,21)/b19-9-. The molecule has 24 heavy (non-hydrogen) atoms. The Morgan fingerprint density at radius 1 is 1.21 bits per heavy atom. The zero-order chi connectivity index (χ0) is 16.9. The van der Waals surface area contributed by atoms with Crippen LogP contribution in [-0.4, -0.2) is 24.9 Å². The molecule has 124 valence electrons. The minimum absolute atomic E-state index is 0.0450. The highest BCUT2D eigenvalue weighted by molar-refractivity contribution is 7.22. The number of nitrogens with zero attached hydrogens (tertiary/aromatic N) is 2. The number of hydrazone groups is 1. The van der Waals surface area contributed by atoms with E-state index in [1.54, 1.807) is 6.07 Å². The molecule has 0 saturated carbocycles. The second-order valence-electron chi connectivity index (χ2n) is 4.65. The molecule has 0 aliphatic rings. The Morgan fingerprint density at radius 3 is 2.79 bits per heavy atom. The summed E-state index contributed by atoms with van der Waals surface area (Å²) >= 11 is 1.47. The van der Waals surface area contributed by atoms with Crippen LogP contribution in [0.15, 0.2) is 47.6 Å². The zero-order valence-corrected chi connectivity index (χ0v) is 13.4. The summed E-state index contributed by atoms with van der Waals surface area (Å²) in [5.41, 5.74) is 4.30. The van der Waals surface area contributed by atoms with Gasteiger partial charge in [0.05, 0.1) is 23.5 Å². The maximum absolute atomic E-state index is 12.4. The molecule has 3 aromatic rings. The first-order valence-electron chi connectivity index (χ1n) is 6.93. The maximum atomic E-state index is 12.4. The Balaban J connectivity index is 1.73. The molecule has 0 aliphatic carbocycles. The van der Waals surface area contributed by atoms with Crippen LogP contribution < -0.4 is 14.9 Å². The molecule has 0 fully saturated rings. The van der Waals surface area contributed by atoms with Gasteiger partial charge in [0.25, 0.3) is 0 Å². The second-order valence-corrected chi connectivity index (χ2v) is 5.68. The Kier molecular flexibility index (Phi) is 4.85. The molecule has 1 aromatic heterocycles. The van der Waals surface area contributed by atoms with Crippen molar-refractivity contribution >= 4 is 32.9 Å².